The van der Waals surface area contributed by atoms with Crippen LogP contribution >= 0.6 is 0 Å². The highest BCUT2D eigenvalue weighted by atomic mass is 19.4. The Morgan fingerprint density at radius 3 is 1.92 bits per heavy atom. The summed E-state index contributed by atoms with van der Waals surface area (Å²) in [6.07, 6.45) is -14.7. The van der Waals surface area contributed by atoms with Crippen LogP contribution in [0.4, 0.5) is 38.2 Å². The van der Waals surface area contributed by atoms with E-state index < -0.39 is 24.5 Å². The molecule has 0 fully saturated rings. The Morgan fingerprint density at radius 1 is 0.962 bits per heavy atom. The topological polar surface area (TPSA) is 63.2 Å². The van der Waals surface area contributed by atoms with E-state index in [-0.39, 0.29) is 17.9 Å². The Bertz CT molecular complexity index is 562. The molecule has 0 spiro atoms. The van der Waals surface area contributed by atoms with Gasteiger partial charge in [0.15, 0.2) is 0 Å². The maximum atomic E-state index is 12.7. The maximum Gasteiger partial charge on any atom is 0.434 e. The van der Waals surface area contributed by atoms with E-state index >= 15 is 0 Å². The van der Waals surface area contributed by atoms with Gasteiger partial charge in [0.05, 0.1) is 0 Å². The van der Waals surface area contributed by atoms with Gasteiger partial charge in [0.1, 0.15) is 0 Å². The molecule has 150 valence electrons. The van der Waals surface area contributed by atoms with Gasteiger partial charge in [-0.15, -0.1) is 0 Å². The third-order valence-electron chi connectivity index (χ3n) is 3.46. The molecule has 0 aromatic carbocycles. The smallest absolute Gasteiger partial charge is 0.434 e. The SMILES string of the molecule is CC[C@H](C)Nc1nc(OC(C(F)(F)F)C(F)(F)F)nc(N(CC)CC)n1. The normalized spacial score (nSPS) is 13.7. The average molecular weight is 389 g/mol. The number of hydrogen-bond donors (Lipinski definition) is 1. The average Bonchev–Trinajstić information content (AvgIpc) is 2.51. The molecular weight excluding hydrogens is 368 g/mol. The van der Waals surface area contributed by atoms with E-state index in [1.54, 1.807) is 25.7 Å². The molecule has 12 heteroatoms. The first-order chi connectivity index (χ1) is 11.9. The monoisotopic (exact) mass is 389 g/mol. The summed E-state index contributed by atoms with van der Waals surface area (Å²) >= 11 is 0. The summed E-state index contributed by atoms with van der Waals surface area (Å²) in [6, 6.07) is -1.21. The number of alkyl halides is 6. The maximum absolute atomic E-state index is 12.7. The molecule has 1 N–H and O–H groups in total. The van der Waals surface area contributed by atoms with Crippen molar-refractivity contribution in [1.29, 1.82) is 0 Å². The van der Waals surface area contributed by atoms with Crippen LogP contribution in [-0.2, 0) is 0 Å². The second-order valence-corrected chi connectivity index (χ2v) is 5.45. The molecule has 0 saturated heterocycles. The molecule has 0 bridgehead atoms. The molecular formula is C14H21F6N5O. The number of anilines is 2. The Morgan fingerprint density at radius 2 is 1.50 bits per heavy atom. The third-order valence-corrected chi connectivity index (χ3v) is 3.46. The van der Waals surface area contributed by atoms with Crippen LogP contribution in [0.3, 0.4) is 0 Å². The second kappa shape index (κ2) is 8.58. The third kappa shape index (κ3) is 6.06. The van der Waals surface area contributed by atoms with Gasteiger partial charge in [-0.2, -0.15) is 41.3 Å². The van der Waals surface area contributed by atoms with Crippen molar-refractivity contribution in [2.45, 2.75) is 58.6 Å². The molecule has 0 unspecified atom stereocenters. The van der Waals surface area contributed by atoms with Crippen LogP contribution in [0.1, 0.15) is 34.1 Å². The van der Waals surface area contributed by atoms with Gasteiger partial charge >= 0.3 is 18.4 Å². The predicted octanol–water partition coefficient (Wildman–Crippen LogP) is 3.80. The molecule has 0 aliphatic carbocycles. The number of nitrogens with one attached hydrogen (secondary N) is 1. The van der Waals surface area contributed by atoms with Crippen molar-refractivity contribution in [3.63, 3.8) is 0 Å². The fourth-order valence-corrected chi connectivity index (χ4v) is 1.86. The minimum atomic E-state index is -5.66. The molecule has 1 rings (SSSR count). The molecule has 0 saturated carbocycles. The lowest BCUT2D eigenvalue weighted by molar-refractivity contribution is -0.301. The summed E-state index contributed by atoms with van der Waals surface area (Å²) in [5, 5.41) is 2.79. The Kier molecular flexibility index (Phi) is 7.27. The largest absolute Gasteiger partial charge is 0.440 e. The van der Waals surface area contributed by atoms with Crippen LogP contribution in [0.2, 0.25) is 0 Å². The van der Waals surface area contributed by atoms with E-state index in [0.29, 0.717) is 19.5 Å². The van der Waals surface area contributed by atoms with Crippen LogP contribution in [-0.4, -0.2) is 52.5 Å². The molecule has 1 atom stereocenters. The molecule has 1 heterocycles. The van der Waals surface area contributed by atoms with Gasteiger partial charge in [0.2, 0.25) is 11.9 Å². The van der Waals surface area contributed by atoms with Crippen molar-refractivity contribution in [3.8, 4) is 6.01 Å². The van der Waals surface area contributed by atoms with Crippen LogP contribution in [0.25, 0.3) is 0 Å². The Balaban J connectivity index is 3.30. The molecule has 26 heavy (non-hydrogen) atoms. The summed E-state index contributed by atoms with van der Waals surface area (Å²) in [5.41, 5.74) is 0. The molecule has 0 amide bonds. The van der Waals surface area contributed by atoms with E-state index in [9.17, 15) is 26.3 Å². The van der Waals surface area contributed by atoms with Gasteiger partial charge in [-0.3, -0.25) is 0 Å². The van der Waals surface area contributed by atoms with Crippen molar-refractivity contribution >= 4 is 11.9 Å². The quantitative estimate of drug-likeness (QED) is 0.683. The van der Waals surface area contributed by atoms with E-state index in [1.807, 2.05) is 6.92 Å². The van der Waals surface area contributed by atoms with Crippen LogP contribution in [0.5, 0.6) is 6.01 Å². The predicted molar refractivity (Wildman–Crippen MR) is 83.3 cm³/mol. The van der Waals surface area contributed by atoms with Gasteiger partial charge in [0, 0.05) is 19.1 Å². The van der Waals surface area contributed by atoms with Crippen LogP contribution in [0.15, 0.2) is 0 Å². The molecule has 0 radical (unpaired) electrons. The fraction of sp³-hybridized carbons (Fsp3) is 0.786. The lowest BCUT2D eigenvalue weighted by atomic mass is 10.3. The van der Waals surface area contributed by atoms with Crippen molar-refractivity contribution in [2.24, 2.45) is 0 Å². The second-order valence-electron chi connectivity index (χ2n) is 5.45. The first-order valence-electron chi connectivity index (χ1n) is 7.99. The van der Waals surface area contributed by atoms with Gasteiger partial charge in [-0.25, -0.2) is 0 Å². The van der Waals surface area contributed by atoms with Crippen molar-refractivity contribution < 1.29 is 31.1 Å². The minimum Gasteiger partial charge on any atom is -0.440 e. The standard InChI is InChI=1S/C14H21F6N5O/c1-5-8(4)21-10-22-11(25(6-2)7-3)24-12(23-10)26-9(13(15,16)17)14(18,19)20/h8-9H,5-7H2,1-4H3,(H,21,22,23,24)/t8-/m0/s1. The first kappa shape index (κ1) is 22.0. The van der Waals surface area contributed by atoms with Gasteiger partial charge in [0.25, 0.3) is 6.10 Å². The fourth-order valence-electron chi connectivity index (χ4n) is 1.86. The molecule has 1 aromatic rings. The highest BCUT2D eigenvalue weighted by molar-refractivity contribution is 5.38. The number of ether oxygens (including phenoxy) is 1. The Labute approximate surface area is 147 Å². The van der Waals surface area contributed by atoms with Gasteiger partial charge in [-0.05, 0) is 27.2 Å². The number of aromatic nitrogens is 3. The number of halogens is 6. The van der Waals surface area contributed by atoms with E-state index in [0.717, 1.165) is 0 Å². The molecule has 6 nitrogen and oxygen atoms in total. The minimum absolute atomic E-state index is 0.0751. The van der Waals surface area contributed by atoms with E-state index in [2.05, 4.69) is 25.0 Å². The molecule has 1 aromatic heterocycles. The Hall–Kier alpha value is -2.01. The zero-order valence-electron chi connectivity index (χ0n) is 14.7. The van der Waals surface area contributed by atoms with Gasteiger partial charge < -0.3 is 15.0 Å². The summed E-state index contributed by atoms with van der Waals surface area (Å²) in [6.45, 7) is 7.86. The van der Waals surface area contributed by atoms with Crippen molar-refractivity contribution in [3.05, 3.63) is 0 Å². The van der Waals surface area contributed by atoms with Gasteiger partial charge in [-0.1, -0.05) is 6.92 Å². The van der Waals surface area contributed by atoms with Crippen molar-refractivity contribution in [2.75, 3.05) is 23.3 Å². The summed E-state index contributed by atoms with van der Waals surface area (Å²) in [7, 11) is 0. The lowest BCUT2D eigenvalue weighted by Crippen LogP contribution is -2.47. The van der Waals surface area contributed by atoms with E-state index in [4.69, 9.17) is 0 Å². The number of nitrogens with zero attached hydrogens (tertiary/aromatic N) is 4. The zero-order chi connectivity index (χ0) is 20.1. The highest BCUT2D eigenvalue weighted by Gasteiger charge is 2.59. The summed E-state index contributed by atoms with van der Waals surface area (Å²) in [4.78, 5) is 12.8. The number of hydrogen-bond acceptors (Lipinski definition) is 6. The summed E-state index contributed by atoms with van der Waals surface area (Å²) < 4.78 is 80.4. The van der Waals surface area contributed by atoms with Crippen LogP contribution < -0.4 is 15.0 Å². The molecule has 0 aliphatic heterocycles. The zero-order valence-corrected chi connectivity index (χ0v) is 14.7. The van der Waals surface area contributed by atoms with Crippen molar-refractivity contribution in [1.82, 2.24) is 15.0 Å². The van der Waals surface area contributed by atoms with Crippen LogP contribution in [0, 0.1) is 0 Å². The first-order valence-corrected chi connectivity index (χ1v) is 7.99. The molecule has 0 aliphatic rings. The van der Waals surface area contributed by atoms with E-state index in [1.165, 1.54) is 0 Å². The lowest BCUT2D eigenvalue weighted by Gasteiger charge is -2.24. The highest BCUT2D eigenvalue weighted by Crippen LogP contribution is 2.36. The summed E-state index contributed by atoms with van der Waals surface area (Å²) in [5.74, 6) is -0.233. The number of rotatable bonds is 8.